The number of benzene rings is 1. The minimum atomic E-state index is -0.0580. The number of furan rings is 1. The van der Waals surface area contributed by atoms with Crippen LogP contribution < -0.4 is 5.32 Å². The van der Waals surface area contributed by atoms with Crippen LogP contribution in [0.2, 0.25) is 0 Å². The summed E-state index contributed by atoms with van der Waals surface area (Å²) in [6, 6.07) is 7.64. The Labute approximate surface area is 141 Å². The average molecular weight is 326 g/mol. The van der Waals surface area contributed by atoms with Crippen LogP contribution in [0, 0.1) is 19.8 Å². The molecule has 1 saturated heterocycles. The van der Waals surface area contributed by atoms with E-state index in [0.29, 0.717) is 31.5 Å². The Morgan fingerprint density at radius 1 is 1.12 bits per heavy atom. The second-order valence-corrected chi connectivity index (χ2v) is 6.33. The lowest BCUT2D eigenvalue weighted by Crippen LogP contribution is -2.41. The molecule has 0 radical (unpaired) electrons. The van der Waals surface area contributed by atoms with E-state index in [9.17, 15) is 9.59 Å². The van der Waals surface area contributed by atoms with Crippen LogP contribution in [0.25, 0.3) is 0 Å². The monoisotopic (exact) mass is 326 g/mol. The van der Waals surface area contributed by atoms with E-state index in [4.69, 9.17) is 4.42 Å². The quantitative estimate of drug-likeness (QED) is 0.940. The molecule has 1 fully saturated rings. The first-order valence-corrected chi connectivity index (χ1v) is 8.25. The number of likely N-dealkylation sites (tertiary alicyclic amines) is 1. The van der Waals surface area contributed by atoms with Crippen LogP contribution in [-0.2, 0) is 4.79 Å². The zero-order valence-electron chi connectivity index (χ0n) is 14.0. The Bertz CT molecular complexity index is 709. The van der Waals surface area contributed by atoms with Crippen molar-refractivity contribution in [3.05, 3.63) is 53.5 Å². The Kier molecular flexibility index (Phi) is 4.69. The van der Waals surface area contributed by atoms with Crippen LogP contribution in [0.3, 0.4) is 0 Å². The molecule has 5 heteroatoms. The number of hydrogen-bond donors (Lipinski definition) is 1. The summed E-state index contributed by atoms with van der Waals surface area (Å²) in [5.74, 6) is -0.0439. The summed E-state index contributed by atoms with van der Waals surface area (Å²) in [5, 5.41) is 3.06. The van der Waals surface area contributed by atoms with E-state index in [1.165, 1.54) is 12.5 Å². The molecule has 5 nitrogen and oxygen atoms in total. The summed E-state index contributed by atoms with van der Waals surface area (Å²) in [6.07, 6.45) is 4.32. The number of carbonyl (C=O) groups is 2. The molecule has 3 rings (SSSR count). The maximum absolute atomic E-state index is 12.5. The topological polar surface area (TPSA) is 62.6 Å². The third-order valence-corrected chi connectivity index (χ3v) is 4.65. The molecule has 2 heterocycles. The molecule has 0 unspecified atom stereocenters. The molecule has 0 aliphatic carbocycles. The Morgan fingerprint density at radius 3 is 2.38 bits per heavy atom. The zero-order valence-corrected chi connectivity index (χ0v) is 14.0. The molecule has 1 aromatic carbocycles. The number of para-hydroxylation sites is 1. The number of anilines is 1. The fraction of sp³-hybridized carbons (Fsp3) is 0.368. The fourth-order valence-corrected chi connectivity index (χ4v) is 3.15. The van der Waals surface area contributed by atoms with Gasteiger partial charge in [-0.25, -0.2) is 0 Å². The number of nitrogens with one attached hydrogen (secondary N) is 1. The number of hydrogen-bond acceptors (Lipinski definition) is 3. The smallest absolute Gasteiger partial charge is 0.257 e. The van der Waals surface area contributed by atoms with Gasteiger partial charge in [0.2, 0.25) is 5.91 Å². The lowest BCUT2D eigenvalue weighted by molar-refractivity contribution is -0.121. The van der Waals surface area contributed by atoms with Crippen molar-refractivity contribution in [3.8, 4) is 0 Å². The molecule has 1 aromatic heterocycles. The molecule has 24 heavy (non-hydrogen) atoms. The minimum Gasteiger partial charge on any atom is -0.472 e. The molecule has 2 aromatic rings. The van der Waals surface area contributed by atoms with E-state index in [-0.39, 0.29) is 17.7 Å². The first-order chi connectivity index (χ1) is 11.6. The highest BCUT2D eigenvalue weighted by Gasteiger charge is 2.28. The Balaban J connectivity index is 1.58. The van der Waals surface area contributed by atoms with Crippen LogP contribution in [0.15, 0.2) is 41.2 Å². The molecule has 0 spiro atoms. The molecule has 2 amide bonds. The Morgan fingerprint density at radius 2 is 1.79 bits per heavy atom. The van der Waals surface area contributed by atoms with Gasteiger partial charge in [0.25, 0.3) is 5.91 Å². The maximum atomic E-state index is 12.5. The normalized spacial score (nSPS) is 15.3. The summed E-state index contributed by atoms with van der Waals surface area (Å²) in [7, 11) is 0. The SMILES string of the molecule is Cc1cccc(C)c1NC(=O)C1CCN(C(=O)c2ccoc2)CC1. The molecular weight excluding hydrogens is 304 g/mol. The molecule has 1 aliphatic heterocycles. The highest BCUT2D eigenvalue weighted by molar-refractivity contribution is 5.95. The molecule has 0 atom stereocenters. The number of rotatable bonds is 3. The lowest BCUT2D eigenvalue weighted by Gasteiger charge is -2.31. The van der Waals surface area contributed by atoms with E-state index in [2.05, 4.69) is 5.32 Å². The molecule has 1 aliphatic rings. The summed E-state index contributed by atoms with van der Waals surface area (Å²) in [4.78, 5) is 26.6. The highest BCUT2D eigenvalue weighted by atomic mass is 16.3. The van der Waals surface area contributed by atoms with Crippen LogP contribution in [-0.4, -0.2) is 29.8 Å². The van der Waals surface area contributed by atoms with Crippen molar-refractivity contribution in [3.63, 3.8) is 0 Å². The van der Waals surface area contributed by atoms with E-state index < -0.39 is 0 Å². The molecule has 0 saturated carbocycles. The standard InChI is InChI=1S/C19H22N2O3/c1-13-4-3-5-14(2)17(13)20-18(22)15-6-9-21(10-7-15)19(23)16-8-11-24-12-16/h3-5,8,11-12,15H,6-7,9-10H2,1-2H3,(H,20,22). The summed E-state index contributed by atoms with van der Waals surface area (Å²) in [5.41, 5.74) is 3.60. The number of amides is 2. The van der Waals surface area contributed by atoms with Crippen molar-refractivity contribution in [2.24, 2.45) is 5.92 Å². The van der Waals surface area contributed by atoms with Crippen molar-refractivity contribution >= 4 is 17.5 Å². The van der Waals surface area contributed by atoms with Gasteiger partial charge in [0.1, 0.15) is 6.26 Å². The molecule has 0 bridgehead atoms. The van der Waals surface area contributed by atoms with Gasteiger partial charge in [0.05, 0.1) is 11.8 Å². The third-order valence-electron chi connectivity index (χ3n) is 4.65. The van der Waals surface area contributed by atoms with Crippen LogP contribution in [0.1, 0.15) is 34.3 Å². The summed E-state index contributed by atoms with van der Waals surface area (Å²) < 4.78 is 4.96. The van der Waals surface area contributed by atoms with Crippen molar-refractivity contribution in [2.75, 3.05) is 18.4 Å². The second-order valence-electron chi connectivity index (χ2n) is 6.33. The molecule has 1 N–H and O–H groups in total. The van der Waals surface area contributed by atoms with Gasteiger partial charge in [-0.05, 0) is 43.9 Å². The van der Waals surface area contributed by atoms with Crippen LogP contribution in [0.5, 0.6) is 0 Å². The number of nitrogens with zero attached hydrogens (tertiary/aromatic N) is 1. The van der Waals surface area contributed by atoms with Gasteiger partial charge >= 0.3 is 0 Å². The Hall–Kier alpha value is -2.56. The van der Waals surface area contributed by atoms with Crippen molar-refractivity contribution in [1.29, 1.82) is 0 Å². The van der Waals surface area contributed by atoms with Crippen LogP contribution in [0.4, 0.5) is 5.69 Å². The van der Waals surface area contributed by atoms with Gasteiger partial charge in [-0.2, -0.15) is 0 Å². The van der Waals surface area contributed by atoms with Crippen molar-refractivity contribution < 1.29 is 14.0 Å². The zero-order chi connectivity index (χ0) is 17.1. The fourth-order valence-electron chi connectivity index (χ4n) is 3.15. The largest absolute Gasteiger partial charge is 0.472 e. The van der Waals surface area contributed by atoms with E-state index in [0.717, 1.165) is 16.8 Å². The summed E-state index contributed by atoms with van der Waals surface area (Å²) in [6.45, 7) is 5.17. The summed E-state index contributed by atoms with van der Waals surface area (Å²) >= 11 is 0. The van der Waals surface area contributed by atoms with Crippen molar-refractivity contribution in [2.45, 2.75) is 26.7 Å². The third kappa shape index (κ3) is 3.35. The van der Waals surface area contributed by atoms with Gasteiger partial charge in [-0.3, -0.25) is 9.59 Å². The molecular formula is C19H22N2O3. The number of carbonyl (C=O) groups excluding carboxylic acids is 2. The second kappa shape index (κ2) is 6.91. The minimum absolute atomic E-state index is 0.0302. The van der Waals surface area contributed by atoms with Gasteiger partial charge in [0, 0.05) is 24.7 Å². The van der Waals surface area contributed by atoms with E-state index in [1.54, 1.807) is 11.0 Å². The predicted molar refractivity (Wildman–Crippen MR) is 91.9 cm³/mol. The predicted octanol–water partition coefficient (Wildman–Crippen LogP) is 3.39. The number of piperidine rings is 1. The molecule has 126 valence electrons. The van der Waals surface area contributed by atoms with Crippen molar-refractivity contribution in [1.82, 2.24) is 4.90 Å². The lowest BCUT2D eigenvalue weighted by atomic mass is 9.95. The van der Waals surface area contributed by atoms with Crippen LogP contribution >= 0.6 is 0 Å². The number of aryl methyl sites for hydroxylation is 2. The first-order valence-electron chi connectivity index (χ1n) is 8.25. The first kappa shape index (κ1) is 16.3. The van der Waals surface area contributed by atoms with E-state index in [1.807, 2.05) is 32.0 Å². The highest BCUT2D eigenvalue weighted by Crippen LogP contribution is 2.24. The van der Waals surface area contributed by atoms with Gasteiger partial charge < -0.3 is 14.6 Å². The maximum Gasteiger partial charge on any atom is 0.257 e. The van der Waals surface area contributed by atoms with Gasteiger partial charge in [-0.1, -0.05) is 18.2 Å². The van der Waals surface area contributed by atoms with Gasteiger partial charge in [0.15, 0.2) is 0 Å². The van der Waals surface area contributed by atoms with Gasteiger partial charge in [-0.15, -0.1) is 0 Å². The average Bonchev–Trinajstić information content (AvgIpc) is 3.12. The van der Waals surface area contributed by atoms with E-state index >= 15 is 0 Å².